The molecule has 1 saturated heterocycles. The molecule has 5 heteroatoms. The molecule has 1 N–H and O–H groups in total. The van der Waals surface area contributed by atoms with Crippen molar-refractivity contribution in [2.75, 3.05) is 32.8 Å². The summed E-state index contributed by atoms with van der Waals surface area (Å²) in [5.74, 6) is 0.184. The van der Waals surface area contributed by atoms with Gasteiger partial charge in [0.15, 0.2) is 0 Å². The lowest BCUT2D eigenvalue weighted by Gasteiger charge is -2.24. The third-order valence-electron chi connectivity index (χ3n) is 4.83. The Morgan fingerprint density at radius 3 is 2.67 bits per heavy atom. The maximum atomic E-state index is 13.0. The molecule has 1 atom stereocenters. The number of nitrogens with one attached hydrogen (secondary N) is 1. The first-order chi connectivity index (χ1) is 13.2. The Morgan fingerprint density at radius 1 is 1.11 bits per heavy atom. The molecule has 1 fully saturated rings. The van der Waals surface area contributed by atoms with Crippen molar-refractivity contribution in [3.05, 3.63) is 71.5 Å². The van der Waals surface area contributed by atoms with Gasteiger partial charge in [-0.3, -0.25) is 4.79 Å². The fraction of sp³-hybridized carbons (Fsp3) is 0.409. The van der Waals surface area contributed by atoms with Crippen molar-refractivity contribution in [1.29, 1.82) is 0 Å². The molecule has 0 aromatic heterocycles. The Hall–Kier alpha value is -2.24. The van der Waals surface area contributed by atoms with Gasteiger partial charge in [-0.05, 0) is 29.7 Å². The summed E-state index contributed by atoms with van der Waals surface area (Å²) in [6.45, 7) is 4.31. The van der Waals surface area contributed by atoms with E-state index in [0.29, 0.717) is 32.6 Å². The molecule has 1 amide bonds. The van der Waals surface area contributed by atoms with E-state index >= 15 is 0 Å². The van der Waals surface area contributed by atoms with Gasteiger partial charge in [0, 0.05) is 38.5 Å². The highest BCUT2D eigenvalue weighted by molar-refractivity contribution is 5.76. The van der Waals surface area contributed by atoms with Crippen LogP contribution >= 0.6 is 0 Å². The second kappa shape index (κ2) is 10.2. The number of amides is 1. The summed E-state index contributed by atoms with van der Waals surface area (Å²) < 4.78 is 18.9. The van der Waals surface area contributed by atoms with Crippen molar-refractivity contribution in [1.82, 2.24) is 10.2 Å². The van der Waals surface area contributed by atoms with Crippen LogP contribution in [0.5, 0.6) is 0 Å². The summed E-state index contributed by atoms with van der Waals surface area (Å²) >= 11 is 0. The van der Waals surface area contributed by atoms with Crippen LogP contribution in [0.2, 0.25) is 0 Å². The second-order valence-corrected chi connectivity index (χ2v) is 7.04. The van der Waals surface area contributed by atoms with Crippen molar-refractivity contribution in [2.45, 2.75) is 19.4 Å². The molecule has 1 aliphatic heterocycles. The monoisotopic (exact) mass is 370 g/mol. The third-order valence-corrected chi connectivity index (χ3v) is 4.83. The van der Waals surface area contributed by atoms with Crippen molar-refractivity contribution >= 4 is 5.91 Å². The fourth-order valence-corrected chi connectivity index (χ4v) is 3.30. The van der Waals surface area contributed by atoms with Crippen LogP contribution in [-0.2, 0) is 22.6 Å². The molecule has 1 aliphatic rings. The number of ether oxygens (including phenoxy) is 1. The molecule has 0 saturated carbocycles. The molecule has 3 rings (SSSR count). The zero-order chi connectivity index (χ0) is 18.9. The first kappa shape index (κ1) is 19.5. The minimum Gasteiger partial charge on any atom is -0.376 e. The molecule has 4 nitrogen and oxygen atoms in total. The van der Waals surface area contributed by atoms with Gasteiger partial charge in [-0.15, -0.1) is 0 Å². The number of hydrogen-bond acceptors (Lipinski definition) is 3. The molecular weight excluding hydrogens is 343 g/mol. The van der Waals surface area contributed by atoms with Gasteiger partial charge in [0.25, 0.3) is 0 Å². The van der Waals surface area contributed by atoms with E-state index in [4.69, 9.17) is 4.74 Å². The highest BCUT2D eigenvalue weighted by Crippen LogP contribution is 2.11. The van der Waals surface area contributed by atoms with Crippen molar-refractivity contribution in [3.8, 4) is 0 Å². The van der Waals surface area contributed by atoms with Gasteiger partial charge in [-0.25, -0.2) is 4.39 Å². The summed E-state index contributed by atoms with van der Waals surface area (Å²) in [6.07, 6.45) is 1.08. The van der Waals surface area contributed by atoms with Gasteiger partial charge < -0.3 is 15.0 Å². The summed E-state index contributed by atoms with van der Waals surface area (Å²) in [5, 5.41) is 3.40. The van der Waals surface area contributed by atoms with Crippen LogP contribution in [0.15, 0.2) is 54.6 Å². The van der Waals surface area contributed by atoms with Crippen LogP contribution in [0.3, 0.4) is 0 Å². The molecule has 0 spiro atoms. The Morgan fingerprint density at radius 2 is 1.89 bits per heavy atom. The highest BCUT2D eigenvalue weighted by Gasteiger charge is 2.21. The van der Waals surface area contributed by atoms with Gasteiger partial charge in [-0.2, -0.15) is 0 Å². The van der Waals surface area contributed by atoms with E-state index in [1.807, 2.05) is 23.1 Å². The van der Waals surface area contributed by atoms with Crippen molar-refractivity contribution in [3.63, 3.8) is 0 Å². The Bertz CT molecular complexity index is 706. The minimum absolute atomic E-state index is 0.149. The fourth-order valence-electron chi connectivity index (χ4n) is 3.30. The topological polar surface area (TPSA) is 41.6 Å². The average Bonchev–Trinajstić information content (AvgIpc) is 2.94. The summed E-state index contributed by atoms with van der Waals surface area (Å²) in [7, 11) is 0. The predicted molar refractivity (Wildman–Crippen MR) is 104 cm³/mol. The molecule has 27 heavy (non-hydrogen) atoms. The van der Waals surface area contributed by atoms with Crippen LogP contribution in [-0.4, -0.2) is 43.6 Å². The number of benzene rings is 2. The largest absolute Gasteiger partial charge is 0.376 e. The van der Waals surface area contributed by atoms with Gasteiger partial charge in [-0.1, -0.05) is 42.5 Å². The van der Waals surface area contributed by atoms with Crippen LogP contribution in [0.1, 0.15) is 17.5 Å². The normalized spacial score (nSPS) is 17.5. The zero-order valence-corrected chi connectivity index (χ0v) is 15.6. The second-order valence-electron chi connectivity index (χ2n) is 7.04. The van der Waals surface area contributed by atoms with Crippen LogP contribution < -0.4 is 5.32 Å². The molecule has 2 aromatic rings. The van der Waals surface area contributed by atoms with Crippen LogP contribution in [0, 0.1) is 11.7 Å². The SMILES string of the molecule is O=C(CCc1ccc(F)cc1)N1CCNC[C@@H](COCc2ccccc2)C1. The first-order valence-corrected chi connectivity index (χ1v) is 9.55. The Balaban J connectivity index is 1.45. The molecule has 144 valence electrons. The standard InChI is InChI=1S/C22H27FN2O2/c23-21-9-6-18(7-10-21)8-11-22(26)25-13-12-24-14-20(15-25)17-27-16-19-4-2-1-3-5-19/h1-7,9-10,20,24H,8,11-17H2/t20-/m1/s1. The molecule has 0 unspecified atom stereocenters. The van der Waals surface area contributed by atoms with E-state index in [1.165, 1.54) is 12.1 Å². The molecule has 0 bridgehead atoms. The van der Waals surface area contributed by atoms with Gasteiger partial charge in [0.2, 0.25) is 5.91 Å². The van der Waals surface area contributed by atoms with E-state index in [0.717, 1.165) is 30.8 Å². The highest BCUT2D eigenvalue weighted by atomic mass is 19.1. The number of halogens is 1. The van der Waals surface area contributed by atoms with Gasteiger partial charge in [0.05, 0.1) is 13.2 Å². The maximum absolute atomic E-state index is 13.0. The molecule has 0 aliphatic carbocycles. The Labute approximate surface area is 160 Å². The van der Waals surface area contributed by atoms with Crippen LogP contribution in [0.25, 0.3) is 0 Å². The number of carbonyl (C=O) groups excluding carboxylic acids is 1. The van der Waals surface area contributed by atoms with E-state index in [1.54, 1.807) is 12.1 Å². The summed E-state index contributed by atoms with van der Waals surface area (Å²) in [5.41, 5.74) is 2.15. The van der Waals surface area contributed by atoms with E-state index in [2.05, 4.69) is 17.4 Å². The first-order valence-electron chi connectivity index (χ1n) is 9.55. The zero-order valence-electron chi connectivity index (χ0n) is 15.6. The van der Waals surface area contributed by atoms with Gasteiger partial charge in [0.1, 0.15) is 5.82 Å². The quantitative estimate of drug-likeness (QED) is 0.815. The molecule has 1 heterocycles. The molecule has 2 aromatic carbocycles. The lowest BCUT2D eigenvalue weighted by Crippen LogP contribution is -2.37. The number of carbonyl (C=O) groups is 1. The number of nitrogens with zero attached hydrogens (tertiary/aromatic N) is 1. The van der Waals surface area contributed by atoms with Crippen LogP contribution in [0.4, 0.5) is 4.39 Å². The van der Waals surface area contributed by atoms with Gasteiger partial charge >= 0.3 is 0 Å². The third kappa shape index (κ3) is 6.45. The number of aryl methyl sites for hydroxylation is 1. The summed E-state index contributed by atoms with van der Waals surface area (Å²) in [4.78, 5) is 14.5. The average molecular weight is 370 g/mol. The maximum Gasteiger partial charge on any atom is 0.222 e. The minimum atomic E-state index is -0.248. The van der Waals surface area contributed by atoms with E-state index in [-0.39, 0.29) is 17.6 Å². The van der Waals surface area contributed by atoms with E-state index in [9.17, 15) is 9.18 Å². The van der Waals surface area contributed by atoms with E-state index < -0.39 is 0 Å². The smallest absolute Gasteiger partial charge is 0.222 e. The number of rotatable bonds is 7. The Kier molecular flexibility index (Phi) is 7.36. The lowest BCUT2D eigenvalue weighted by molar-refractivity contribution is -0.131. The lowest BCUT2D eigenvalue weighted by atomic mass is 10.1. The predicted octanol–water partition coefficient (Wildman–Crippen LogP) is 3.02. The number of hydrogen-bond donors (Lipinski definition) is 1. The van der Waals surface area contributed by atoms with Crippen molar-refractivity contribution < 1.29 is 13.9 Å². The molecule has 0 radical (unpaired) electrons. The molecular formula is C22H27FN2O2. The summed E-state index contributed by atoms with van der Waals surface area (Å²) in [6, 6.07) is 16.5. The van der Waals surface area contributed by atoms with Crippen molar-refractivity contribution in [2.24, 2.45) is 5.92 Å².